The Kier molecular flexibility index (Phi) is 6.19. The largest absolute Gasteiger partial charge is 0.323 e. The van der Waals surface area contributed by atoms with Gasteiger partial charge >= 0.3 is 6.03 Å². The minimum Gasteiger partial charge on any atom is -0.308 e. The van der Waals surface area contributed by atoms with Crippen molar-refractivity contribution >= 4 is 23.2 Å². The highest BCUT2D eigenvalue weighted by Crippen LogP contribution is 2.20. The quantitative estimate of drug-likeness (QED) is 0.363. The van der Waals surface area contributed by atoms with Crippen molar-refractivity contribution < 1.29 is 9.59 Å². The van der Waals surface area contributed by atoms with Crippen molar-refractivity contribution in [3.63, 3.8) is 0 Å². The number of anilines is 2. The molecule has 4 nitrogen and oxygen atoms in total. The lowest BCUT2D eigenvalue weighted by Gasteiger charge is -2.08. The van der Waals surface area contributed by atoms with E-state index < -0.39 is 0 Å². The first kappa shape index (κ1) is 20.1. The van der Waals surface area contributed by atoms with Gasteiger partial charge in [-0.15, -0.1) is 0 Å². The van der Waals surface area contributed by atoms with Crippen molar-refractivity contribution in [2.75, 3.05) is 10.6 Å². The van der Waals surface area contributed by atoms with Crippen molar-refractivity contribution in [1.82, 2.24) is 0 Å². The molecular weight excluding hydrogens is 384 g/mol. The maximum absolute atomic E-state index is 12.6. The van der Waals surface area contributed by atoms with Crippen molar-refractivity contribution in [2.45, 2.75) is 6.42 Å². The van der Waals surface area contributed by atoms with Crippen molar-refractivity contribution in [1.29, 1.82) is 0 Å². The molecular formula is C27H22N2O2. The molecule has 0 heterocycles. The molecule has 0 spiro atoms. The Labute approximate surface area is 181 Å². The molecule has 0 aliphatic carbocycles. The van der Waals surface area contributed by atoms with E-state index in [-0.39, 0.29) is 11.8 Å². The Morgan fingerprint density at radius 2 is 1.06 bits per heavy atom. The molecule has 0 saturated heterocycles. The number of carbonyl (C=O) groups excluding carboxylic acids is 2. The van der Waals surface area contributed by atoms with Crippen LogP contribution in [0.4, 0.5) is 16.2 Å². The summed E-state index contributed by atoms with van der Waals surface area (Å²) in [6, 6.07) is 34.0. The van der Waals surface area contributed by atoms with Gasteiger partial charge in [0.15, 0.2) is 5.78 Å². The van der Waals surface area contributed by atoms with Crippen LogP contribution in [0.2, 0.25) is 0 Å². The van der Waals surface area contributed by atoms with Gasteiger partial charge in [0, 0.05) is 23.4 Å². The second-order valence-electron chi connectivity index (χ2n) is 7.19. The Hall–Kier alpha value is -4.18. The number of rotatable bonds is 6. The van der Waals surface area contributed by atoms with E-state index >= 15 is 0 Å². The smallest absolute Gasteiger partial charge is 0.308 e. The van der Waals surface area contributed by atoms with Gasteiger partial charge in [0.25, 0.3) is 0 Å². The van der Waals surface area contributed by atoms with Crippen molar-refractivity contribution in [3.05, 3.63) is 120 Å². The van der Waals surface area contributed by atoms with Crippen LogP contribution in [-0.2, 0) is 6.42 Å². The van der Waals surface area contributed by atoms with Crippen LogP contribution < -0.4 is 10.6 Å². The van der Waals surface area contributed by atoms with Crippen molar-refractivity contribution in [3.8, 4) is 11.1 Å². The summed E-state index contributed by atoms with van der Waals surface area (Å²) in [5.41, 5.74) is 5.18. The third kappa shape index (κ3) is 5.46. The van der Waals surface area contributed by atoms with E-state index in [9.17, 15) is 9.59 Å². The van der Waals surface area contributed by atoms with E-state index in [1.165, 1.54) is 0 Å². The van der Waals surface area contributed by atoms with E-state index in [4.69, 9.17) is 0 Å². The highest BCUT2D eigenvalue weighted by Gasteiger charge is 2.09. The van der Waals surface area contributed by atoms with Crippen LogP contribution in [0.5, 0.6) is 0 Å². The van der Waals surface area contributed by atoms with Crippen LogP contribution in [0.15, 0.2) is 109 Å². The Bertz CT molecular complexity index is 1150. The fourth-order valence-corrected chi connectivity index (χ4v) is 3.29. The predicted molar refractivity (Wildman–Crippen MR) is 125 cm³/mol. The molecule has 4 aromatic rings. The number of amides is 2. The molecule has 31 heavy (non-hydrogen) atoms. The second-order valence-corrected chi connectivity index (χ2v) is 7.19. The maximum atomic E-state index is 12.6. The van der Waals surface area contributed by atoms with Gasteiger partial charge in [-0.3, -0.25) is 4.79 Å². The van der Waals surface area contributed by atoms with Gasteiger partial charge in [-0.1, -0.05) is 84.9 Å². The van der Waals surface area contributed by atoms with Crippen LogP contribution >= 0.6 is 0 Å². The average Bonchev–Trinajstić information content (AvgIpc) is 2.81. The number of urea groups is 1. The molecule has 4 aromatic carbocycles. The molecule has 0 atom stereocenters. The highest BCUT2D eigenvalue weighted by molar-refractivity contribution is 6.00. The third-order valence-electron chi connectivity index (χ3n) is 4.92. The first-order chi connectivity index (χ1) is 15.2. The van der Waals surface area contributed by atoms with E-state index in [0.29, 0.717) is 17.7 Å². The standard InChI is InChI=1S/C27H22N2O2/c30-26(23-15-13-22(14-16-23)21-7-3-1-4-8-21)19-20-11-17-25(18-12-20)29-27(31)28-24-9-5-2-6-10-24/h1-18H,19H2,(H2,28,29,31). The van der Waals surface area contributed by atoms with Gasteiger partial charge in [-0.05, 0) is 41.0 Å². The van der Waals surface area contributed by atoms with Crippen molar-refractivity contribution in [2.24, 2.45) is 0 Å². The molecule has 0 radical (unpaired) electrons. The molecule has 0 bridgehead atoms. The second kappa shape index (κ2) is 9.55. The number of Topliss-reactive ketones (excluding diaryl/α,β-unsaturated/α-hetero) is 1. The summed E-state index contributed by atoms with van der Waals surface area (Å²) in [4.78, 5) is 24.7. The molecule has 152 valence electrons. The predicted octanol–water partition coefficient (Wildman–Crippen LogP) is 6.42. The number of ketones is 1. The van der Waals surface area contributed by atoms with Crippen LogP contribution in [0.3, 0.4) is 0 Å². The normalized spacial score (nSPS) is 10.3. The average molecular weight is 406 g/mol. The first-order valence-electron chi connectivity index (χ1n) is 10.1. The minimum atomic E-state index is -0.312. The summed E-state index contributed by atoms with van der Waals surface area (Å²) < 4.78 is 0. The topological polar surface area (TPSA) is 58.2 Å². The number of hydrogen-bond acceptors (Lipinski definition) is 2. The molecule has 0 aromatic heterocycles. The van der Waals surface area contributed by atoms with Gasteiger partial charge in [0.05, 0.1) is 0 Å². The monoisotopic (exact) mass is 406 g/mol. The lowest BCUT2D eigenvalue weighted by Crippen LogP contribution is -2.19. The van der Waals surface area contributed by atoms with Crippen LogP contribution in [0, 0.1) is 0 Å². The lowest BCUT2D eigenvalue weighted by atomic mass is 9.99. The number of benzene rings is 4. The van der Waals surface area contributed by atoms with E-state index in [0.717, 1.165) is 22.4 Å². The summed E-state index contributed by atoms with van der Waals surface area (Å²) in [5, 5.41) is 5.56. The summed E-state index contributed by atoms with van der Waals surface area (Å²) in [7, 11) is 0. The van der Waals surface area contributed by atoms with Gasteiger partial charge in [-0.2, -0.15) is 0 Å². The first-order valence-corrected chi connectivity index (χ1v) is 10.1. The van der Waals surface area contributed by atoms with E-state index in [1.807, 2.05) is 97.1 Å². The number of nitrogens with one attached hydrogen (secondary N) is 2. The Morgan fingerprint density at radius 3 is 1.68 bits per heavy atom. The van der Waals surface area contributed by atoms with Gasteiger partial charge < -0.3 is 10.6 Å². The summed E-state index contributed by atoms with van der Waals surface area (Å²) in [5.74, 6) is 0.0575. The SMILES string of the molecule is O=C(Nc1ccccc1)Nc1ccc(CC(=O)c2ccc(-c3ccccc3)cc2)cc1. The minimum absolute atomic E-state index is 0.0575. The zero-order chi connectivity index (χ0) is 21.5. The zero-order valence-electron chi connectivity index (χ0n) is 16.9. The molecule has 4 heteroatoms. The van der Waals surface area contributed by atoms with Crippen LogP contribution in [0.1, 0.15) is 15.9 Å². The molecule has 0 aliphatic heterocycles. The van der Waals surface area contributed by atoms with Gasteiger partial charge in [0.2, 0.25) is 0 Å². The van der Waals surface area contributed by atoms with E-state index in [1.54, 1.807) is 12.1 Å². The fraction of sp³-hybridized carbons (Fsp3) is 0.0370. The molecule has 2 N–H and O–H groups in total. The maximum Gasteiger partial charge on any atom is 0.323 e. The molecule has 0 fully saturated rings. The van der Waals surface area contributed by atoms with Crippen LogP contribution in [-0.4, -0.2) is 11.8 Å². The summed E-state index contributed by atoms with van der Waals surface area (Å²) in [6.45, 7) is 0. The Balaban J connectivity index is 1.34. The summed E-state index contributed by atoms with van der Waals surface area (Å²) in [6.07, 6.45) is 0.307. The van der Waals surface area contributed by atoms with Crippen LogP contribution in [0.25, 0.3) is 11.1 Å². The molecule has 0 aliphatic rings. The Morgan fingerprint density at radius 1 is 0.548 bits per heavy atom. The lowest BCUT2D eigenvalue weighted by molar-refractivity contribution is 0.0993. The molecule has 0 saturated carbocycles. The molecule has 0 unspecified atom stereocenters. The zero-order valence-corrected chi connectivity index (χ0v) is 16.9. The van der Waals surface area contributed by atoms with Gasteiger partial charge in [0.1, 0.15) is 0 Å². The number of carbonyl (C=O) groups is 2. The molecule has 4 rings (SSSR count). The fourth-order valence-electron chi connectivity index (χ4n) is 3.29. The highest BCUT2D eigenvalue weighted by atomic mass is 16.2. The number of para-hydroxylation sites is 1. The summed E-state index contributed by atoms with van der Waals surface area (Å²) >= 11 is 0. The van der Waals surface area contributed by atoms with E-state index in [2.05, 4.69) is 10.6 Å². The third-order valence-corrected chi connectivity index (χ3v) is 4.92. The number of hydrogen-bond donors (Lipinski definition) is 2. The molecule has 2 amide bonds. The van der Waals surface area contributed by atoms with Gasteiger partial charge in [-0.25, -0.2) is 4.79 Å².